The van der Waals surface area contributed by atoms with Gasteiger partial charge in [0.2, 0.25) is 0 Å². The molecule has 0 aliphatic carbocycles. The van der Waals surface area contributed by atoms with Gasteiger partial charge in [-0.15, -0.1) is 0 Å². The predicted molar refractivity (Wildman–Crippen MR) is 138 cm³/mol. The number of amides is 1. The summed E-state index contributed by atoms with van der Waals surface area (Å²) in [5.41, 5.74) is -0.0780. The maximum absolute atomic E-state index is 14.8. The van der Waals surface area contributed by atoms with Crippen molar-refractivity contribution in [1.29, 1.82) is 0 Å². The number of fused-ring (bicyclic) bond motifs is 1. The molecule has 1 saturated heterocycles. The van der Waals surface area contributed by atoms with Crippen molar-refractivity contribution in [3.63, 3.8) is 0 Å². The highest BCUT2D eigenvalue weighted by molar-refractivity contribution is 5.79. The third kappa shape index (κ3) is 5.35. The number of aliphatic hydroxyl groups excluding tert-OH is 1. The molecule has 0 bridgehead atoms. The van der Waals surface area contributed by atoms with Gasteiger partial charge in [-0.05, 0) is 55.2 Å². The molecule has 8 nitrogen and oxygen atoms in total. The number of aliphatic hydroxyl groups is 1. The Labute approximate surface area is 216 Å². The Bertz CT molecular complexity index is 1500. The van der Waals surface area contributed by atoms with Gasteiger partial charge in [0.1, 0.15) is 17.5 Å². The molecule has 5 rings (SSSR count). The first-order valence-electron chi connectivity index (χ1n) is 12.3. The molecule has 10 heteroatoms. The van der Waals surface area contributed by atoms with Crippen LogP contribution in [-0.2, 0) is 0 Å². The van der Waals surface area contributed by atoms with E-state index in [0.29, 0.717) is 5.92 Å². The van der Waals surface area contributed by atoms with E-state index in [9.17, 15) is 23.5 Å². The summed E-state index contributed by atoms with van der Waals surface area (Å²) in [6.45, 7) is 1.73. The molecule has 1 amide bonds. The molecule has 2 aromatic carbocycles. The topological polar surface area (TPSA) is 108 Å². The monoisotopic (exact) mass is 520 g/mol. The highest BCUT2D eigenvalue weighted by atomic mass is 19.1. The van der Waals surface area contributed by atoms with Crippen LogP contribution in [-0.4, -0.2) is 40.9 Å². The number of hydrogen-bond acceptors (Lipinski definition) is 6. The normalized spacial score (nSPS) is 14.9. The van der Waals surface area contributed by atoms with Crippen LogP contribution >= 0.6 is 0 Å². The SMILES string of the molecule is O=C(NC(c1ccccc1F)c1c[nH]c2cc(F)ccc2c1=O)Oc1ccc(N2CCC(CO)CC2)nc1. The molecule has 1 atom stereocenters. The summed E-state index contributed by atoms with van der Waals surface area (Å²) in [5.74, 6) is 0.0788. The van der Waals surface area contributed by atoms with Crippen LogP contribution < -0.4 is 20.4 Å². The highest BCUT2D eigenvalue weighted by Crippen LogP contribution is 2.25. The lowest BCUT2D eigenvalue weighted by Crippen LogP contribution is -2.35. The van der Waals surface area contributed by atoms with Gasteiger partial charge in [0.15, 0.2) is 11.2 Å². The van der Waals surface area contributed by atoms with Crippen molar-refractivity contribution < 1.29 is 23.4 Å². The Hall–Kier alpha value is -4.31. The van der Waals surface area contributed by atoms with Crippen LogP contribution in [0.3, 0.4) is 0 Å². The molecule has 4 aromatic rings. The number of benzene rings is 2. The van der Waals surface area contributed by atoms with Gasteiger partial charge in [0.05, 0.1) is 17.8 Å². The maximum Gasteiger partial charge on any atom is 0.413 e. The first-order valence-corrected chi connectivity index (χ1v) is 12.3. The molecule has 196 valence electrons. The van der Waals surface area contributed by atoms with Crippen LogP contribution in [0.2, 0.25) is 0 Å². The van der Waals surface area contributed by atoms with E-state index in [4.69, 9.17) is 4.74 Å². The van der Waals surface area contributed by atoms with E-state index in [1.807, 2.05) is 0 Å². The largest absolute Gasteiger partial charge is 0.413 e. The number of aromatic amines is 1. The minimum Gasteiger partial charge on any atom is -0.409 e. The zero-order chi connectivity index (χ0) is 26.6. The van der Waals surface area contributed by atoms with Crippen molar-refractivity contribution in [3.05, 3.63) is 100.0 Å². The van der Waals surface area contributed by atoms with Crippen molar-refractivity contribution in [3.8, 4) is 5.75 Å². The van der Waals surface area contributed by atoms with Crippen molar-refractivity contribution in [1.82, 2.24) is 15.3 Å². The minimum atomic E-state index is -1.18. The third-order valence-electron chi connectivity index (χ3n) is 6.79. The van der Waals surface area contributed by atoms with Gasteiger partial charge in [0, 0.05) is 42.4 Å². The van der Waals surface area contributed by atoms with Crippen molar-refractivity contribution in [2.45, 2.75) is 18.9 Å². The number of piperidine rings is 1. The van der Waals surface area contributed by atoms with Crippen molar-refractivity contribution in [2.24, 2.45) is 5.92 Å². The number of ether oxygens (including phenoxy) is 1. The summed E-state index contributed by atoms with van der Waals surface area (Å²) < 4.78 is 33.8. The number of pyridine rings is 2. The van der Waals surface area contributed by atoms with E-state index >= 15 is 0 Å². The molecule has 3 N–H and O–H groups in total. The van der Waals surface area contributed by atoms with Crippen LogP contribution in [0.1, 0.15) is 30.0 Å². The number of nitrogens with zero attached hydrogens (tertiary/aromatic N) is 2. The van der Waals surface area contributed by atoms with Crippen molar-refractivity contribution >= 4 is 22.8 Å². The molecule has 2 aromatic heterocycles. The molecule has 1 fully saturated rings. The maximum atomic E-state index is 14.8. The highest BCUT2D eigenvalue weighted by Gasteiger charge is 2.25. The molecule has 38 heavy (non-hydrogen) atoms. The van der Waals surface area contributed by atoms with Gasteiger partial charge in [-0.3, -0.25) is 4.79 Å². The van der Waals surface area contributed by atoms with E-state index in [1.165, 1.54) is 42.7 Å². The summed E-state index contributed by atoms with van der Waals surface area (Å²) in [5, 5.41) is 12.1. The van der Waals surface area contributed by atoms with Gasteiger partial charge in [-0.2, -0.15) is 0 Å². The first kappa shape index (κ1) is 25.3. The van der Waals surface area contributed by atoms with Gasteiger partial charge in [-0.1, -0.05) is 18.2 Å². The molecular formula is C28H26F2N4O4. The Kier molecular flexibility index (Phi) is 7.32. The van der Waals surface area contributed by atoms with Gasteiger partial charge in [-0.25, -0.2) is 18.6 Å². The fourth-order valence-corrected chi connectivity index (χ4v) is 4.68. The summed E-state index contributed by atoms with van der Waals surface area (Å²) in [6.07, 6.45) is 3.59. The van der Waals surface area contributed by atoms with E-state index in [0.717, 1.165) is 37.8 Å². The smallest absolute Gasteiger partial charge is 0.409 e. The number of carbonyl (C=O) groups is 1. The lowest BCUT2D eigenvalue weighted by atomic mass is 9.98. The second-order valence-corrected chi connectivity index (χ2v) is 9.22. The zero-order valence-corrected chi connectivity index (χ0v) is 20.4. The fraction of sp³-hybridized carbons (Fsp3) is 0.250. The van der Waals surface area contributed by atoms with E-state index < -0.39 is 29.2 Å². The Morgan fingerprint density at radius 3 is 2.63 bits per heavy atom. The van der Waals surface area contributed by atoms with Gasteiger partial charge in [0.25, 0.3) is 0 Å². The van der Waals surface area contributed by atoms with Crippen LogP contribution in [0.5, 0.6) is 5.75 Å². The van der Waals surface area contributed by atoms with Crippen LogP contribution in [0.4, 0.5) is 19.4 Å². The van der Waals surface area contributed by atoms with Gasteiger partial charge >= 0.3 is 6.09 Å². The second kappa shape index (κ2) is 11.0. The first-order chi connectivity index (χ1) is 18.4. The number of aromatic nitrogens is 2. The molecule has 3 heterocycles. The molecule has 0 radical (unpaired) electrons. The van der Waals surface area contributed by atoms with E-state index in [1.54, 1.807) is 18.2 Å². The van der Waals surface area contributed by atoms with E-state index in [-0.39, 0.29) is 34.4 Å². The number of H-pyrrole nitrogens is 1. The average molecular weight is 521 g/mol. The fourth-order valence-electron chi connectivity index (χ4n) is 4.68. The number of anilines is 1. The summed E-state index contributed by atoms with van der Waals surface area (Å²) in [6, 6.07) is 11.6. The number of rotatable bonds is 6. The van der Waals surface area contributed by atoms with E-state index in [2.05, 4.69) is 20.2 Å². The number of carbonyl (C=O) groups excluding carboxylic acids is 1. The Balaban J connectivity index is 1.37. The lowest BCUT2D eigenvalue weighted by molar-refractivity contribution is 0.197. The molecule has 0 spiro atoms. The number of nitrogens with one attached hydrogen (secondary N) is 2. The third-order valence-corrected chi connectivity index (χ3v) is 6.79. The lowest BCUT2D eigenvalue weighted by Gasteiger charge is -2.31. The average Bonchev–Trinajstić information content (AvgIpc) is 2.93. The number of hydrogen-bond donors (Lipinski definition) is 3. The standard InChI is InChI=1S/C28H26F2N4O4/c29-18-5-7-21-24(13-18)31-15-22(27(21)36)26(20-3-1-2-4-23(20)30)33-28(37)38-19-6-8-25(32-14-19)34-11-9-17(16-35)10-12-34/h1-8,13-15,17,26,35H,9-12,16H2,(H,31,36)(H,33,37). The molecule has 1 aliphatic rings. The predicted octanol–water partition coefficient (Wildman–Crippen LogP) is 4.29. The minimum absolute atomic E-state index is 0.0610. The molecule has 0 saturated carbocycles. The quantitative estimate of drug-likeness (QED) is 0.350. The Morgan fingerprint density at radius 1 is 1.13 bits per heavy atom. The molecular weight excluding hydrogens is 494 g/mol. The summed E-state index contributed by atoms with van der Waals surface area (Å²) >= 11 is 0. The van der Waals surface area contributed by atoms with Crippen LogP contribution in [0.15, 0.2) is 71.8 Å². The number of halogens is 2. The summed E-state index contributed by atoms with van der Waals surface area (Å²) in [7, 11) is 0. The van der Waals surface area contributed by atoms with Crippen molar-refractivity contribution in [2.75, 3.05) is 24.6 Å². The second-order valence-electron chi connectivity index (χ2n) is 9.22. The van der Waals surface area contributed by atoms with Crippen LogP contribution in [0, 0.1) is 17.6 Å². The Morgan fingerprint density at radius 2 is 1.92 bits per heavy atom. The summed E-state index contributed by atoms with van der Waals surface area (Å²) in [4.78, 5) is 35.5. The van der Waals surface area contributed by atoms with Gasteiger partial charge < -0.3 is 25.0 Å². The van der Waals surface area contributed by atoms with Crippen LogP contribution in [0.25, 0.3) is 10.9 Å². The molecule has 1 aliphatic heterocycles. The molecule has 1 unspecified atom stereocenters. The zero-order valence-electron chi connectivity index (χ0n) is 20.4.